The number of nitrogens with zero attached hydrogens (tertiary/aromatic N) is 1. The van der Waals surface area contributed by atoms with Crippen LogP contribution in [0.3, 0.4) is 0 Å². The smallest absolute Gasteiger partial charge is 0.318 e. The summed E-state index contributed by atoms with van der Waals surface area (Å²) in [6.07, 6.45) is 0.970. The Balaban J connectivity index is 2.02. The number of amides is 2. The second kappa shape index (κ2) is 7.14. The summed E-state index contributed by atoms with van der Waals surface area (Å²) in [6.45, 7) is 7.29. The van der Waals surface area contributed by atoms with Crippen molar-refractivity contribution < 1.29 is 9.53 Å². The molecule has 21 heavy (non-hydrogen) atoms. The molecule has 1 heterocycles. The molecule has 1 saturated heterocycles. The molecular weight excluding hydrogens is 288 g/mol. The normalized spacial score (nSPS) is 23.7. The summed E-state index contributed by atoms with van der Waals surface area (Å²) in [5.41, 5.74) is 1.03. The van der Waals surface area contributed by atoms with E-state index in [2.05, 4.69) is 12.2 Å². The lowest BCUT2D eigenvalue weighted by molar-refractivity contribution is -0.0547. The SMILES string of the molecule is CCC(NC(=O)N1CC(C)OC(C)C1)c1cccc(Cl)c1. The van der Waals surface area contributed by atoms with Gasteiger partial charge in [-0.1, -0.05) is 30.7 Å². The predicted octanol–water partition coefficient (Wildman–Crippen LogP) is 3.61. The van der Waals surface area contributed by atoms with E-state index in [4.69, 9.17) is 16.3 Å². The summed E-state index contributed by atoms with van der Waals surface area (Å²) in [5, 5.41) is 3.78. The topological polar surface area (TPSA) is 41.6 Å². The minimum absolute atomic E-state index is 0.0235. The van der Waals surface area contributed by atoms with E-state index in [9.17, 15) is 4.79 Å². The Bertz CT molecular complexity index is 485. The number of halogens is 1. The number of hydrogen-bond donors (Lipinski definition) is 1. The third kappa shape index (κ3) is 4.35. The fourth-order valence-corrected chi connectivity index (χ4v) is 2.93. The quantitative estimate of drug-likeness (QED) is 0.926. The molecule has 2 rings (SSSR count). The molecular formula is C16H23ClN2O2. The Labute approximate surface area is 131 Å². The Kier molecular flexibility index (Phi) is 5.48. The van der Waals surface area contributed by atoms with Crippen molar-refractivity contribution >= 4 is 17.6 Å². The van der Waals surface area contributed by atoms with Crippen molar-refractivity contribution in [2.24, 2.45) is 0 Å². The number of ether oxygens (including phenoxy) is 1. The molecule has 0 saturated carbocycles. The number of nitrogens with one attached hydrogen (secondary N) is 1. The molecule has 0 bridgehead atoms. The zero-order valence-corrected chi connectivity index (χ0v) is 13.6. The largest absolute Gasteiger partial charge is 0.372 e. The van der Waals surface area contributed by atoms with Crippen molar-refractivity contribution in [2.45, 2.75) is 45.4 Å². The number of benzene rings is 1. The molecule has 1 N–H and O–H groups in total. The van der Waals surface area contributed by atoms with Crippen LogP contribution in [0.4, 0.5) is 4.79 Å². The van der Waals surface area contributed by atoms with Crippen LogP contribution in [0.5, 0.6) is 0 Å². The lowest BCUT2D eigenvalue weighted by Crippen LogP contribution is -2.52. The summed E-state index contributed by atoms with van der Waals surface area (Å²) in [6, 6.07) is 7.58. The molecule has 0 spiro atoms. The van der Waals surface area contributed by atoms with Gasteiger partial charge in [0.1, 0.15) is 0 Å². The van der Waals surface area contributed by atoms with Gasteiger partial charge < -0.3 is 15.0 Å². The van der Waals surface area contributed by atoms with Crippen LogP contribution in [-0.2, 0) is 4.74 Å². The summed E-state index contributed by atoms with van der Waals surface area (Å²) < 4.78 is 5.66. The average Bonchev–Trinajstić information content (AvgIpc) is 2.43. The number of hydrogen-bond acceptors (Lipinski definition) is 2. The van der Waals surface area contributed by atoms with Gasteiger partial charge in [0.15, 0.2) is 0 Å². The van der Waals surface area contributed by atoms with Crippen LogP contribution in [0.25, 0.3) is 0 Å². The molecule has 4 nitrogen and oxygen atoms in total. The van der Waals surface area contributed by atoms with Gasteiger partial charge >= 0.3 is 6.03 Å². The number of urea groups is 1. The van der Waals surface area contributed by atoms with Crippen molar-refractivity contribution in [2.75, 3.05) is 13.1 Å². The lowest BCUT2D eigenvalue weighted by Gasteiger charge is -2.36. The highest BCUT2D eigenvalue weighted by atomic mass is 35.5. The summed E-state index contributed by atoms with van der Waals surface area (Å²) >= 11 is 6.03. The van der Waals surface area contributed by atoms with Crippen molar-refractivity contribution in [3.8, 4) is 0 Å². The number of rotatable bonds is 3. The van der Waals surface area contributed by atoms with E-state index >= 15 is 0 Å². The van der Waals surface area contributed by atoms with E-state index < -0.39 is 0 Å². The second-order valence-electron chi connectivity index (χ2n) is 5.63. The van der Waals surface area contributed by atoms with Gasteiger partial charge in [-0.15, -0.1) is 0 Å². The molecule has 1 aromatic carbocycles. The van der Waals surface area contributed by atoms with Crippen molar-refractivity contribution in [3.63, 3.8) is 0 Å². The predicted molar refractivity (Wildman–Crippen MR) is 84.6 cm³/mol. The Morgan fingerprint density at radius 1 is 1.43 bits per heavy atom. The van der Waals surface area contributed by atoms with Crippen LogP contribution in [-0.4, -0.2) is 36.2 Å². The van der Waals surface area contributed by atoms with E-state index in [1.807, 2.05) is 43.0 Å². The van der Waals surface area contributed by atoms with Crippen LogP contribution in [0.15, 0.2) is 24.3 Å². The first-order valence-electron chi connectivity index (χ1n) is 7.46. The number of morpholine rings is 1. The van der Waals surface area contributed by atoms with E-state index in [1.54, 1.807) is 0 Å². The van der Waals surface area contributed by atoms with Crippen LogP contribution < -0.4 is 5.32 Å². The maximum absolute atomic E-state index is 12.4. The van der Waals surface area contributed by atoms with Crippen molar-refractivity contribution in [3.05, 3.63) is 34.9 Å². The minimum atomic E-state index is -0.0381. The molecule has 3 atom stereocenters. The lowest BCUT2D eigenvalue weighted by atomic mass is 10.0. The highest BCUT2D eigenvalue weighted by molar-refractivity contribution is 6.30. The molecule has 116 valence electrons. The van der Waals surface area contributed by atoms with Crippen molar-refractivity contribution in [1.29, 1.82) is 0 Å². The molecule has 1 aromatic rings. The van der Waals surface area contributed by atoms with Gasteiger partial charge in [0, 0.05) is 18.1 Å². The standard InChI is InChI=1S/C16H23ClN2O2/c1-4-15(13-6-5-7-14(17)8-13)18-16(20)19-9-11(2)21-12(3)10-19/h5-8,11-12,15H,4,9-10H2,1-3H3,(H,18,20). The molecule has 2 amide bonds. The van der Waals surface area contributed by atoms with Crippen LogP contribution in [0, 0.1) is 0 Å². The van der Waals surface area contributed by atoms with Gasteiger partial charge in [0.05, 0.1) is 18.2 Å². The van der Waals surface area contributed by atoms with Crippen LogP contribution in [0.2, 0.25) is 5.02 Å². The third-order valence-electron chi connectivity index (χ3n) is 3.66. The first-order chi connectivity index (χ1) is 9.99. The first-order valence-corrected chi connectivity index (χ1v) is 7.83. The van der Waals surface area contributed by atoms with Gasteiger partial charge in [0.25, 0.3) is 0 Å². The van der Waals surface area contributed by atoms with E-state index in [-0.39, 0.29) is 24.3 Å². The highest BCUT2D eigenvalue weighted by Gasteiger charge is 2.27. The summed E-state index contributed by atoms with van der Waals surface area (Å²) in [7, 11) is 0. The van der Waals surface area contributed by atoms with E-state index in [0.717, 1.165) is 12.0 Å². The Morgan fingerprint density at radius 2 is 2.10 bits per heavy atom. The van der Waals surface area contributed by atoms with Crippen LogP contribution in [0.1, 0.15) is 38.8 Å². The van der Waals surface area contributed by atoms with Gasteiger partial charge in [-0.2, -0.15) is 0 Å². The molecule has 1 aliphatic heterocycles. The van der Waals surface area contributed by atoms with Gasteiger partial charge in [-0.3, -0.25) is 0 Å². The zero-order chi connectivity index (χ0) is 15.4. The highest BCUT2D eigenvalue weighted by Crippen LogP contribution is 2.21. The molecule has 1 aliphatic rings. The Morgan fingerprint density at radius 3 is 2.67 bits per heavy atom. The van der Waals surface area contributed by atoms with Gasteiger partial charge in [-0.05, 0) is 38.0 Å². The molecule has 3 unspecified atom stereocenters. The summed E-state index contributed by atoms with van der Waals surface area (Å²) in [5.74, 6) is 0. The molecule has 0 radical (unpaired) electrons. The maximum atomic E-state index is 12.4. The second-order valence-corrected chi connectivity index (χ2v) is 6.06. The minimum Gasteiger partial charge on any atom is -0.372 e. The van der Waals surface area contributed by atoms with Crippen molar-refractivity contribution in [1.82, 2.24) is 10.2 Å². The maximum Gasteiger partial charge on any atom is 0.318 e. The molecule has 0 aromatic heterocycles. The molecule has 1 fully saturated rings. The monoisotopic (exact) mass is 310 g/mol. The van der Waals surface area contributed by atoms with Gasteiger partial charge in [0.2, 0.25) is 0 Å². The fraction of sp³-hybridized carbons (Fsp3) is 0.562. The number of carbonyl (C=O) groups is 1. The van der Waals surface area contributed by atoms with Crippen LogP contribution >= 0.6 is 11.6 Å². The molecule has 0 aliphatic carbocycles. The van der Waals surface area contributed by atoms with E-state index in [1.165, 1.54) is 0 Å². The Hall–Kier alpha value is -1.26. The zero-order valence-electron chi connectivity index (χ0n) is 12.8. The average molecular weight is 311 g/mol. The fourth-order valence-electron chi connectivity index (χ4n) is 2.73. The first kappa shape index (κ1) is 16.1. The van der Waals surface area contributed by atoms with Gasteiger partial charge in [-0.25, -0.2) is 4.79 Å². The number of carbonyl (C=O) groups excluding carboxylic acids is 1. The third-order valence-corrected chi connectivity index (χ3v) is 3.90. The molecule has 5 heteroatoms. The summed E-state index contributed by atoms with van der Waals surface area (Å²) in [4.78, 5) is 14.3. The van der Waals surface area contributed by atoms with E-state index in [0.29, 0.717) is 18.1 Å².